The van der Waals surface area contributed by atoms with Crippen LogP contribution in [0.2, 0.25) is 5.02 Å². The molecule has 0 aliphatic carbocycles. The number of benzene rings is 2. The van der Waals surface area contributed by atoms with Gasteiger partial charge in [-0.05, 0) is 54.8 Å². The summed E-state index contributed by atoms with van der Waals surface area (Å²) in [5, 5.41) is 9.01. The second-order valence-corrected chi connectivity index (χ2v) is 8.23. The number of carbonyl (C=O) groups excluding carboxylic acids is 3. The summed E-state index contributed by atoms with van der Waals surface area (Å²) < 4.78 is 13.5. The first kappa shape index (κ1) is 23.5. The molecule has 170 valence electrons. The fourth-order valence-corrected chi connectivity index (χ4v) is 3.74. The summed E-state index contributed by atoms with van der Waals surface area (Å²) in [6.07, 6.45) is 1.37. The zero-order valence-electron chi connectivity index (χ0n) is 17.7. The molecular weight excluding hydrogens is 435 g/mol. The quantitative estimate of drug-likeness (QED) is 0.617. The van der Waals surface area contributed by atoms with Gasteiger partial charge >= 0.3 is 6.03 Å². The average molecular weight is 461 g/mol. The minimum Gasteiger partial charge on any atom is -0.351 e. The Hall–Kier alpha value is -3.13. The van der Waals surface area contributed by atoms with E-state index < -0.39 is 11.9 Å². The van der Waals surface area contributed by atoms with E-state index in [1.807, 2.05) is 0 Å². The molecule has 0 saturated carbocycles. The number of piperidine rings is 1. The van der Waals surface area contributed by atoms with Gasteiger partial charge in [-0.25, -0.2) is 9.18 Å². The summed E-state index contributed by atoms with van der Waals surface area (Å²) in [5.74, 6) is -1.06. The van der Waals surface area contributed by atoms with Gasteiger partial charge < -0.3 is 20.9 Å². The van der Waals surface area contributed by atoms with E-state index >= 15 is 0 Å². The van der Waals surface area contributed by atoms with Crippen molar-refractivity contribution in [1.82, 2.24) is 15.5 Å². The van der Waals surface area contributed by atoms with Crippen molar-refractivity contribution in [1.29, 1.82) is 0 Å². The lowest BCUT2D eigenvalue weighted by atomic mass is 10.0. The zero-order valence-corrected chi connectivity index (χ0v) is 18.5. The summed E-state index contributed by atoms with van der Waals surface area (Å²) in [6, 6.07) is 11.7. The van der Waals surface area contributed by atoms with E-state index in [2.05, 4.69) is 16.0 Å². The molecule has 0 spiro atoms. The molecule has 1 fully saturated rings. The van der Waals surface area contributed by atoms with Crippen molar-refractivity contribution in [2.45, 2.75) is 38.3 Å². The van der Waals surface area contributed by atoms with Gasteiger partial charge in [-0.3, -0.25) is 9.59 Å². The van der Waals surface area contributed by atoms with Gasteiger partial charge in [-0.15, -0.1) is 0 Å². The summed E-state index contributed by atoms with van der Waals surface area (Å²) in [4.78, 5) is 38.5. The Bertz CT molecular complexity index is 962. The highest BCUT2D eigenvalue weighted by atomic mass is 35.5. The Balaban J connectivity index is 1.51. The van der Waals surface area contributed by atoms with Crippen LogP contribution >= 0.6 is 11.6 Å². The smallest absolute Gasteiger partial charge is 0.321 e. The fraction of sp³-hybridized carbons (Fsp3) is 0.348. The molecule has 1 heterocycles. The first-order chi connectivity index (χ1) is 15.3. The van der Waals surface area contributed by atoms with Gasteiger partial charge in [-0.2, -0.15) is 0 Å². The number of urea groups is 1. The van der Waals surface area contributed by atoms with Crippen LogP contribution in [-0.4, -0.2) is 47.9 Å². The highest BCUT2D eigenvalue weighted by molar-refractivity contribution is 6.30. The van der Waals surface area contributed by atoms with Crippen LogP contribution in [0.5, 0.6) is 0 Å². The molecule has 1 unspecified atom stereocenters. The lowest BCUT2D eigenvalue weighted by Crippen LogP contribution is -2.53. The van der Waals surface area contributed by atoms with Crippen LogP contribution in [-0.2, 0) is 16.0 Å². The molecule has 4 amide bonds. The second kappa shape index (κ2) is 10.9. The molecule has 0 aromatic heterocycles. The van der Waals surface area contributed by atoms with Crippen LogP contribution < -0.4 is 16.0 Å². The van der Waals surface area contributed by atoms with Gasteiger partial charge in [0.1, 0.15) is 11.9 Å². The Morgan fingerprint density at radius 2 is 1.81 bits per heavy atom. The maximum absolute atomic E-state index is 13.5. The number of anilines is 1. The van der Waals surface area contributed by atoms with Gasteiger partial charge in [0, 0.05) is 43.2 Å². The van der Waals surface area contributed by atoms with Crippen LogP contribution in [0, 0.1) is 5.82 Å². The minimum atomic E-state index is -0.805. The van der Waals surface area contributed by atoms with Crippen molar-refractivity contribution in [2.24, 2.45) is 0 Å². The maximum Gasteiger partial charge on any atom is 0.321 e. The van der Waals surface area contributed by atoms with Crippen LogP contribution in [0.25, 0.3) is 0 Å². The first-order valence-electron chi connectivity index (χ1n) is 10.4. The molecule has 1 atom stereocenters. The van der Waals surface area contributed by atoms with Gasteiger partial charge in [0.25, 0.3) is 0 Å². The van der Waals surface area contributed by atoms with Crippen molar-refractivity contribution in [3.63, 3.8) is 0 Å². The topological polar surface area (TPSA) is 90.5 Å². The predicted octanol–water partition coefficient (Wildman–Crippen LogP) is 3.34. The SMILES string of the molecule is CC(=O)NC(Cc1cccc(F)c1)C(=O)NC1CCN(C(=O)Nc2ccc(Cl)cc2)CC1. The summed E-state index contributed by atoms with van der Waals surface area (Å²) in [6.45, 7) is 2.31. The molecule has 32 heavy (non-hydrogen) atoms. The molecule has 2 aromatic carbocycles. The Labute approximate surface area is 191 Å². The summed E-state index contributed by atoms with van der Waals surface area (Å²) in [7, 11) is 0. The maximum atomic E-state index is 13.5. The molecule has 3 N–H and O–H groups in total. The van der Waals surface area contributed by atoms with Crippen LogP contribution in [0.3, 0.4) is 0 Å². The normalized spacial score (nSPS) is 15.0. The number of nitrogens with one attached hydrogen (secondary N) is 3. The van der Waals surface area contributed by atoms with Crippen molar-refractivity contribution < 1.29 is 18.8 Å². The number of nitrogens with zero attached hydrogens (tertiary/aromatic N) is 1. The molecule has 7 nitrogen and oxygen atoms in total. The van der Waals surface area contributed by atoms with Crippen molar-refractivity contribution >= 4 is 35.1 Å². The molecule has 9 heteroatoms. The fourth-order valence-electron chi connectivity index (χ4n) is 3.62. The summed E-state index contributed by atoms with van der Waals surface area (Å²) >= 11 is 5.86. The highest BCUT2D eigenvalue weighted by Gasteiger charge is 2.27. The zero-order chi connectivity index (χ0) is 23.1. The molecule has 0 bridgehead atoms. The van der Waals surface area contributed by atoms with Crippen molar-refractivity contribution in [3.8, 4) is 0 Å². The number of likely N-dealkylation sites (tertiary alicyclic amines) is 1. The number of amides is 4. The predicted molar refractivity (Wildman–Crippen MR) is 121 cm³/mol. The van der Waals surface area contributed by atoms with Gasteiger partial charge in [0.15, 0.2) is 0 Å². The van der Waals surface area contributed by atoms with E-state index in [1.165, 1.54) is 19.1 Å². The van der Waals surface area contributed by atoms with E-state index in [0.717, 1.165) is 0 Å². The van der Waals surface area contributed by atoms with E-state index in [9.17, 15) is 18.8 Å². The molecule has 1 aliphatic heterocycles. The number of hydrogen-bond donors (Lipinski definition) is 3. The van der Waals surface area contributed by atoms with Gasteiger partial charge in [0.2, 0.25) is 11.8 Å². The standard InChI is InChI=1S/C23H26ClFN4O3/c1-15(30)26-21(14-16-3-2-4-18(25)13-16)22(31)27-20-9-11-29(12-10-20)23(32)28-19-7-5-17(24)6-8-19/h2-8,13,20-21H,9-12,14H2,1H3,(H,26,30)(H,27,31)(H,28,32). The first-order valence-corrected chi connectivity index (χ1v) is 10.8. The molecule has 3 rings (SSSR count). The third-order valence-corrected chi connectivity index (χ3v) is 5.50. The lowest BCUT2D eigenvalue weighted by Gasteiger charge is -2.33. The van der Waals surface area contributed by atoms with E-state index in [1.54, 1.807) is 41.3 Å². The van der Waals surface area contributed by atoms with Crippen molar-refractivity contribution in [2.75, 3.05) is 18.4 Å². The molecule has 0 radical (unpaired) electrons. The number of carbonyl (C=O) groups is 3. The largest absolute Gasteiger partial charge is 0.351 e. The molecule has 1 saturated heterocycles. The Morgan fingerprint density at radius 1 is 1.12 bits per heavy atom. The van der Waals surface area contributed by atoms with Crippen LogP contribution in [0.1, 0.15) is 25.3 Å². The van der Waals surface area contributed by atoms with Crippen LogP contribution in [0.15, 0.2) is 48.5 Å². The Kier molecular flexibility index (Phi) is 8.05. The van der Waals surface area contributed by atoms with Crippen molar-refractivity contribution in [3.05, 3.63) is 64.9 Å². The third-order valence-electron chi connectivity index (χ3n) is 5.25. The van der Waals surface area contributed by atoms with E-state index in [4.69, 9.17) is 11.6 Å². The van der Waals surface area contributed by atoms with Gasteiger partial charge in [0.05, 0.1) is 0 Å². The number of halogens is 2. The second-order valence-electron chi connectivity index (χ2n) is 7.79. The highest BCUT2D eigenvalue weighted by Crippen LogP contribution is 2.16. The minimum absolute atomic E-state index is 0.120. The molecule has 1 aliphatic rings. The van der Waals surface area contributed by atoms with E-state index in [0.29, 0.717) is 42.2 Å². The third kappa shape index (κ3) is 6.95. The molecular formula is C23H26ClFN4O3. The average Bonchev–Trinajstić information content (AvgIpc) is 2.75. The number of rotatable bonds is 6. The monoisotopic (exact) mass is 460 g/mol. The van der Waals surface area contributed by atoms with Crippen LogP contribution in [0.4, 0.5) is 14.9 Å². The Morgan fingerprint density at radius 3 is 2.44 bits per heavy atom. The summed E-state index contributed by atoms with van der Waals surface area (Å²) in [5.41, 5.74) is 1.28. The van der Waals surface area contributed by atoms with E-state index in [-0.39, 0.29) is 30.3 Å². The van der Waals surface area contributed by atoms with Gasteiger partial charge in [-0.1, -0.05) is 23.7 Å². The lowest BCUT2D eigenvalue weighted by molar-refractivity contribution is -0.128. The molecule has 2 aromatic rings. The number of hydrogen-bond acceptors (Lipinski definition) is 3.